The summed E-state index contributed by atoms with van der Waals surface area (Å²) in [6.45, 7) is 0. The van der Waals surface area contributed by atoms with E-state index in [2.05, 4.69) is 127 Å². The molecule has 0 nitrogen and oxygen atoms in total. The van der Waals surface area contributed by atoms with Crippen molar-refractivity contribution in [2.45, 2.75) is 0 Å². The fourth-order valence-electron chi connectivity index (χ4n) is 6.80. The lowest BCUT2D eigenvalue weighted by molar-refractivity contribution is 1.65. The molecular formula is C34H21ClSi. The third-order valence-electron chi connectivity index (χ3n) is 8.14. The second-order valence-electron chi connectivity index (χ2n) is 9.79. The average molecular weight is 493 g/mol. The fourth-order valence-corrected chi connectivity index (χ4v) is 12.7. The highest BCUT2D eigenvalue weighted by Crippen LogP contribution is 2.41. The van der Waals surface area contributed by atoms with Gasteiger partial charge in [0.2, 0.25) is 0 Å². The molecule has 36 heavy (non-hydrogen) atoms. The van der Waals surface area contributed by atoms with Crippen LogP contribution < -0.4 is 20.7 Å². The molecule has 0 amide bonds. The van der Waals surface area contributed by atoms with Crippen LogP contribution in [0.2, 0.25) is 5.02 Å². The van der Waals surface area contributed by atoms with Crippen LogP contribution in [0.4, 0.5) is 0 Å². The van der Waals surface area contributed by atoms with E-state index in [0.29, 0.717) is 0 Å². The van der Waals surface area contributed by atoms with Crippen molar-refractivity contribution in [2.24, 2.45) is 0 Å². The molecule has 0 radical (unpaired) electrons. The standard InChI is InChI=1S/C34H21ClSi/c35-29-21-23(20-22-10-1-2-11-24(22)29)25-15-9-19-33-34(25)28-14-5-8-18-32(28)36(33)30-16-6-3-12-26(30)27-13-4-7-17-31(27)36/h1-21H. The second kappa shape index (κ2) is 7.30. The topological polar surface area (TPSA) is 0 Å². The lowest BCUT2D eigenvalue weighted by Gasteiger charge is -2.27. The van der Waals surface area contributed by atoms with Crippen molar-refractivity contribution in [3.63, 3.8) is 0 Å². The first-order chi connectivity index (χ1) is 17.8. The highest BCUT2D eigenvalue weighted by atomic mass is 35.5. The molecule has 2 heteroatoms. The Labute approximate surface area is 216 Å². The van der Waals surface area contributed by atoms with Crippen LogP contribution in [0.25, 0.3) is 44.2 Å². The molecule has 0 N–H and O–H groups in total. The van der Waals surface area contributed by atoms with Gasteiger partial charge in [-0.25, -0.2) is 0 Å². The number of halogens is 1. The predicted molar refractivity (Wildman–Crippen MR) is 156 cm³/mol. The van der Waals surface area contributed by atoms with Gasteiger partial charge < -0.3 is 0 Å². The van der Waals surface area contributed by atoms with Crippen molar-refractivity contribution in [2.75, 3.05) is 0 Å². The van der Waals surface area contributed by atoms with Crippen LogP contribution in [-0.4, -0.2) is 8.07 Å². The van der Waals surface area contributed by atoms with E-state index in [0.717, 1.165) is 10.4 Å². The van der Waals surface area contributed by atoms with Gasteiger partial charge in [0, 0.05) is 10.4 Å². The summed E-state index contributed by atoms with van der Waals surface area (Å²) in [7, 11) is -2.42. The first kappa shape index (κ1) is 20.3. The van der Waals surface area contributed by atoms with E-state index < -0.39 is 8.07 Å². The summed E-state index contributed by atoms with van der Waals surface area (Å²) >= 11 is 6.83. The summed E-state index contributed by atoms with van der Waals surface area (Å²) in [5.41, 5.74) is 7.96. The van der Waals surface area contributed by atoms with Gasteiger partial charge in [-0.3, -0.25) is 0 Å². The summed E-state index contributed by atoms with van der Waals surface area (Å²) in [6, 6.07) is 47.0. The number of hydrogen-bond donors (Lipinski definition) is 0. The number of rotatable bonds is 1. The smallest absolute Gasteiger partial charge is 0.0836 e. The zero-order chi connectivity index (χ0) is 23.9. The third kappa shape index (κ3) is 2.44. The van der Waals surface area contributed by atoms with Gasteiger partial charge in [0.05, 0.1) is 0 Å². The molecule has 8 rings (SSSR count). The van der Waals surface area contributed by atoms with Crippen LogP contribution >= 0.6 is 11.6 Å². The van der Waals surface area contributed by atoms with Crippen molar-refractivity contribution in [1.29, 1.82) is 0 Å². The molecule has 0 fully saturated rings. The van der Waals surface area contributed by atoms with Crippen molar-refractivity contribution in [3.05, 3.63) is 132 Å². The van der Waals surface area contributed by atoms with E-state index in [1.54, 1.807) is 0 Å². The zero-order valence-electron chi connectivity index (χ0n) is 19.5. The van der Waals surface area contributed by atoms with Gasteiger partial charge in [0.1, 0.15) is 0 Å². The minimum absolute atomic E-state index is 0.801. The van der Waals surface area contributed by atoms with Crippen LogP contribution in [0.5, 0.6) is 0 Å². The first-order valence-electron chi connectivity index (χ1n) is 12.4. The quantitative estimate of drug-likeness (QED) is 0.229. The maximum atomic E-state index is 6.83. The van der Waals surface area contributed by atoms with Crippen LogP contribution in [0.3, 0.4) is 0 Å². The highest BCUT2D eigenvalue weighted by Gasteiger charge is 2.54. The molecule has 0 bridgehead atoms. The van der Waals surface area contributed by atoms with Crippen LogP contribution in [0.15, 0.2) is 127 Å². The normalized spacial score (nSPS) is 13.9. The molecule has 0 saturated heterocycles. The fraction of sp³-hybridized carbons (Fsp3) is 0. The maximum absolute atomic E-state index is 6.83. The highest BCUT2D eigenvalue weighted by molar-refractivity contribution is 7.24. The zero-order valence-corrected chi connectivity index (χ0v) is 21.3. The first-order valence-corrected chi connectivity index (χ1v) is 14.8. The van der Waals surface area contributed by atoms with Crippen molar-refractivity contribution >= 4 is 51.2 Å². The number of hydrogen-bond acceptors (Lipinski definition) is 0. The minimum Gasteiger partial charge on any atom is -0.0836 e. The third-order valence-corrected chi connectivity index (χ3v) is 13.4. The maximum Gasteiger partial charge on any atom is 0.182 e. The second-order valence-corrected chi connectivity index (χ2v) is 13.9. The van der Waals surface area contributed by atoms with E-state index in [9.17, 15) is 0 Å². The molecule has 6 aromatic carbocycles. The van der Waals surface area contributed by atoms with E-state index in [1.165, 1.54) is 59.5 Å². The van der Waals surface area contributed by atoms with Crippen LogP contribution in [-0.2, 0) is 0 Å². The summed E-state index contributed by atoms with van der Waals surface area (Å²) in [6.07, 6.45) is 0. The molecular weight excluding hydrogens is 472 g/mol. The van der Waals surface area contributed by atoms with E-state index >= 15 is 0 Å². The Morgan fingerprint density at radius 2 is 0.972 bits per heavy atom. The van der Waals surface area contributed by atoms with Gasteiger partial charge in [-0.05, 0) is 71.6 Å². The van der Waals surface area contributed by atoms with Crippen molar-refractivity contribution in [3.8, 4) is 33.4 Å². The van der Waals surface area contributed by atoms with Crippen molar-refractivity contribution in [1.82, 2.24) is 0 Å². The molecule has 0 unspecified atom stereocenters. The Hall–Kier alpha value is -3.91. The average Bonchev–Trinajstić information content (AvgIpc) is 3.41. The summed E-state index contributed by atoms with van der Waals surface area (Å²) in [5, 5.41) is 9.07. The summed E-state index contributed by atoms with van der Waals surface area (Å²) < 4.78 is 0. The molecule has 2 heterocycles. The van der Waals surface area contributed by atoms with Gasteiger partial charge in [0.15, 0.2) is 8.07 Å². The Morgan fingerprint density at radius 3 is 1.69 bits per heavy atom. The lowest BCUT2D eigenvalue weighted by atomic mass is 9.93. The van der Waals surface area contributed by atoms with Gasteiger partial charge >= 0.3 is 0 Å². The minimum atomic E-state index is -2.42. The Bertz CT molecular complexity index is 1820. The Morgan fingerprint density at radius 1 is 0.444 bits per heavy atom. The number of benzene rings is 6. The monoisotopic (exact) mass is 492 g/mol. The lowest BCUT2D eigenvalue weighted by Crippen LogP contribution is -2.70. The van der Waals surface area contributed by atoms with Crippen molar-refractivity contribution < 1.29 is 0 Å². The molecule has 2 aliphatic rings. The van der Waals surface area contributed by atoms with Crippen LogP contribution in [0, 0.1) is 0 Å². The van der Waals surface area contributed by atoms with Gasteiger partial charge in [-0.2, -0.15) is 0 Å². The molecule has 168 valence electrons. The number of fused-ring (bicyclic) bond motifs is 11. The molecule has 2 aliphatic heterocycles. The van der Waals surface area contributed by atoms with Gasteiger partial charge in [0.25, 0.3) is 0 Å². The Kier molecular flexibility index (Phi) is 4.12. The molecule has 0 atom stereocenters. The molecule has 0 aromatic heterocycles. The van der Waals surface area contributed by atoms with E-state index in [-0.39, 0.29) is 0 Å². The predicted octanol–water partition coefficient (Wildman–Crippen LogP) is 6.50. The largest absolute Gasteiger partial charge is 0.182 e. The summed E-state index contributed by atoms with van der Waals surface area (Å²) in [5.74, 6) is 0. The summed E-state index contributed by atoms with van der Waals surface area (Å²) in [4.78, 5) is 0. The molecule has 0 saturated carbocycles. The SMILES string of the molecule is Clc1cc(-c2cccc3c2-c2ccccc2[Si]32c3ccccc3-c3ccccc32)cc2ccccc12. The van der Waals surface area contributed by atoms with E-state index in [1.807, 2.05) is 0 Å². The molecule has 0 aliphatic carbocycles. The molecule has 6 aromatic rings. The molecule has 1 spiro atoms. The van der Waals surface area contributed by atoms with Gasteiger partial charge in [-0.1, -0.05) is 127 Å². The van der Waals surface area contributed by atoms with E-state index in [4.69, 9.17) is 11.6 Å². The van der Waals surface area contributed by atoms with Crippen LogP contribution in [0.1, 0.15) is 0 Å². The van der Waals surface area contributed by atoms with Gasteiger partial charge in [-0.15, -0.1) is 0 Å². The Balaban J connectivity index is 1.52.